The van der Waals surface area contributed by atoms with Gasteiger partial charge in [-0.3, -0.25) is 10.1 Å². The Bertz CT molecular complexity index is 921. The zero-order valence-corrected chi connectivity index (χ0v) is 24.8. The number of nitrogens with one attached hydrogen (secondary N) is 1. The van der Waals surface area contributed by atoms with E-state index in [1.165, 1.54) is 6.20 Å². The van der Waals surface area contributed by atoms with E-state index in [0.717, 1.165) is 17.3 Å². The highest BCUT2D eigenvalue weighted by atomic mass is 35.6. The van der Waals surface area contributed by atoms with Gasteiger partial charge in [-0.2, -0.15) is 11.1 Å². The summed E-state index contributed by atoms with van der Waals surface area (Å²) in [5, 5.41) is 15.8. The van der Waals surface area contributed by atoms with Crippen LogP contribution in [0.3, 0.4) is 0 Å². The van der Waals surface area contributed by atoms with Gasteiger partial charge in [-0.15, -0.1) is 0 Å². The molecular formula is C24H42ClN3O3Si2. The third-order valence-electron chi connectivity index (χ3n) is 6.63. The average molecular weight is 512 g/mol. The normalized spacial score (nSPS) is 12.8. The maximum Gasteiger partial charge on any atom is 0.311 e. The largest absolute Gasteiger partial charge is 0.417 e. The lowest BCUT2D eigenvalue weighted by atomic mass is 10.1. The molecule has 33 heavy (non-hydrogen) atoms. The SMILES string of the molecule is CC(C)(C)[Si](C)(C)Cl.CC(C)(C)[Si](C)(C)OCCCNc1c([N+](=O)[O-])cnc2ccccc12. The zero-order valence-electron chi connectivity index (χ0n) is 22.0. The molecule has 0 saturated carbocycles. The molecule has 0 aliphatic rings. The topological polar surface area (TPSA) is 77.3 Å². The van der Waals surface area contributed by atoms with Crippen LogP contribution in [0, 0.1) is 10.1 Å². The first-order valence-corrected chi connectivity index (χ1v) is 18.4. The fourth-order valence-electron chi connectivity index (χ4n) is 2.28. The molecule has 0 unspecified atom stereocenters. The minimum Gasteiger partial charge on any atom is -0.417 e. The van der Waals surface area contributed by atoms with E-state index >= 15 is 0 Å². The number of pyridine rings is 1. The van der Waals surface area contributed by atoms with Crippen LogP contribution in [-0.2, 0) is 4.43 Å². The van der Waals surface area contributed by atoms with Gasteiger partial charge < -0.3 is 9.74 Å². The standard InChI is InChI=1S/C18H27N3O3Si.C6H15ClSi/c1-18(2,3)25(4,5)24-12-8-11-19-17-14-9-6-7-10-15(14)20-13-16(17)21(22)23;1-6(2,3)8(4,5)7/h6-7,9-10,13H,8,11-12H2,1-5H3,(H,19,20);1-5H3. The smallest absolute Gasteiger partial charge is 0.311 e. The van der Waals surface area contributed by atoms with Gasteiger partial charge in [0.05, 0.1) is 10.4 Å². The highest BCUT2D eigenvalue weighted by Crippen LogP contribution is 2.38. The molecular weight excluding hydrogens is 470 g/mol. The van der Waals surface area contributed by atoms with Gasteiger partial charge in [0.2, 0.25) is 0 Å². The van der Waals surface area contributed by atoms with Crippen LogP contribution in [0.5, 0.6) is 0 Å². The van der Waals surface area contributed by atoms with E-state index in [4.69, 9.17) is 15.5 Å². The van der Waals surface area contributed by atoms with Crippen LogP contribution in [-0.4, -0.2) is 38.8 Å². The summed E-state index contributed by atoms with van der Waals surface area (Å²) in [4.78, 5) is 15.1. The van der Waals surface area contributed by atoms with Crippen molar-refractivity contribution >= 4 is 49.1 Å². The van der Waals surface area contributed by atoms with Gasteiger partial charge in [0.1, 0.15) is 11.9 Å². The predicted molar refractivity (Wildman–Crippen MR) is 148 cm³/mol. The van der Waals surface area contributed by atoms with Crippen LogP contribution in [0.15, 0.2) is 30.5 Å². The van der Waals surface area contributed by atoms with Crippen molar-refractivity contribution in [3.63, 3.8) is 0 Å². The Hall–Kier alpha value is -1.49. The van der Waals surface area contributed by atoms with Gasteiger partial charge in [0, 0.05) is 18.5 Å². The van der Waals surface area contributed by atoms with Crippen molar-refractivity contribution in [2.75, 3.05) is 18.5 Å². The van der Waals surface area contributed by atoms with Gasteiger partial charge in [-0.1, -0.05) is 72.8 Å². The molecule has 0 aliphatic heterocycles. The van der Waals surface area contributed by atoms with E-state index in [-0.39, 0.29) is 10.7 Å². The summed E-state index contributed by atoms with van der Waals surface area (Å²) < 4.78 is 6.15. The highest BCUT2D eigenvalue weighted by molar-refractivity contribution is 7.20. The number of nitrogens with zero attached hydrogens (tertiary/aromatic N) is 2. The molecule has 1 heterocycles. The van der Waals surface area contributed by atoms with E-state index in [2.05, 4.69) is 78.0 Å². The molecule has 0 radical (unpaired) electrons. The molecule has 0 atom stereocenters. The van der Waals surface area contributed by atoms with E-state index in [9.17, 15) is 10.1 Å². The summed E-state index contributed by atoms with van der Waals surface area (Å²) in [6.45, 7) is 23.3. The monoisotopic (exact) mass is 511 g/mol. The molecule has 2 aromatic rings. The van der Waals surface area contributed by atoms with Crippen LogP contribution in [0.1, 0.15) is 48.0 Å². The number of fused-ring (bicyclic) bond motifs is 1. The molecule has 0 amide bonds. The summed E-state index contributed by atoms with van der Waals surface area (Å²) in [6.07, 6.45) is 2.11. The first kappa shape index (κ1) is 29.5. The van der Waals surface area contributed by atoms with E-state index in [0.29, 0.717) is 23.9 Å². The molecule has 0 bridgehead atoms. The lowest BCUT2D eigenvalue weighted by molar-refractivity contribution is -0.384. The first-order chi connectivity index (χ1) is 14.9. The van der Waals surface area contributed by atoms with Crippen molar-refractivity contribution in [3.8, 4) is 0 Å². The maximum atomic E-state index is 11.3. The van der Waals surface area contributed by atoms with Gasteiger partial charge in [-0.05, 0) is 35.7 Å². The average Bonchev–Trinajstić information content (AvgIpc) is 2.65. The molecule has 186 valence electrons. The number of hydrogen-bond acceptors (Lipinski definition) is 5. The Morgan fingerprint density at radius 3 is 2.09 bits per heavy atom. The Morgan fingerprint density at radius 1 is 1.06 bits per heavy atom. The fourth-order valence-corrected chi connectivity index (χ4v) is 3.37. The molecule has 0 spiro atoms. The van der Waals surface area contributed by atoms with Gasteiger partial charge in [0.15, 0.2) is 15.7 Å². The van der Waals surface area contributed by atoms with E-state index in [1.807, 2.05) is 24.3 Å². The number of hydrogen-bond donors (Lipinski definition) is 1. The maximum absolute atomic E-state index is 11.3. The van der Waals surface area contributed by atoms with Crippen molar-refractivity contribution in [1.29, 1.82) is 0 Å². The van der Waals surface area contributed by atoms with Crippen molar-refractivity contribution in [1.82, 2.24) is 4.98 Å². The lowest BCUT2D eigenvalue weighted by Crippen LogP contribution is -2.41. The number of rotatable bonds is 7. The van der Waals surface area contributed by atoms with Crippen LogP contribution in [0.25, 0.3) is 10.9 Å². The van der Waals surface area contributed by atoms with Gasteiger partial charge in [0.25, 0.3) is 0 Å². The summed E-state index contributed by atoms with van der Waals surface area (Å²) in [6, 6.07) is 7.44. The molecule has 0 saturated heterocycles. The predicted octanol–water partition coefficient (Wildman–Crippen LogP) is 8.20. The van der Waals surface area contributed by atoms with Gasteiger partial charge in [-0.25, -0.2) is 4.98 Å². The van der Waals surface area contributed by atoms with Crippen LogP contribution in [0.4, 0.5) is 11.4 Å². The number of nitro groups is 1. The molecule has 6 nitrogen and oxygen atoms in total. The van der Waals surface area contributed by atoms with Gasteiger partial charge >= 0.3 is 5.69 Å². The lowest BCUT2D eigenvalue weighted by Gasteiger charge is -2.36. The summed E-state index contributed by atoms with van der Waals surface area (Å²) in [7, 11) is -3.14. The molecule has 1 N–H and O–H groups in total. The molecule has 2 rings (SSSR count). The Balaban J connectivity index is 0.000000582. The van der Waals surface area contributed by atoms with Crippen molar-refractivity contribution in [2.24, 2.45) is 0 Å². The zero-order chi connectivity index (χ0) is 25.7. The number of aromatic nitrogens is 1. The molecule has 0 aliphatic carbocycles. The number of anilines is 1. The quantitative estimate of drug-likeness (QED) is 0.133. The van der Waals surface area contributed by atoms with Crippen LogP contribution in [0.2, 0.25) is 36.3 Å². The summed E-state index contributed by atoms with van der Waals surface area (Å²) >= 11 is 6.15. The van der Waals surface area contributed by atoms with Crippen molar-refractivity contribution < 1.29 is 9.35 Å². The Kier molecular flexibility index (Phi) is 10.1. The Labute approximate surface area is 206 Å². The highest BCUT2D eigenvalue weighted by Gasteiger charge is 2.36. The third kappa shape index (κ3) is 8.66. The van der Waals surface area contributed by atoms with Crippen molar-refractivity contribution in [2.45, 2.75) is 84.2 Å². The van der Waals surface area contributed by atoms with Crippen molar-refractivity contribution in [3.05, 3.63) is 40.6 Å². The third-order valence-corrected chi connectivity index (χ3v) is 16.4. The second kappa shape index (κ2) is 11.3. The number of para-hydroxylation sites is 1. The summed E-state index contributed by atoms with van der Waals surface area (Å²) in [5.41, 5.74) is 1.28. The molecule has 0 fully saturated rings. The minimum absolute atomic E-state index is 0.00372. The molecule has 1 aromatic heterocycles. The number of benzene rings is 1. The fraction of sp³-hybridized carbons (Fsp3) is 0.625. The second-order valence-electron chi connectivity index (χ2n) is 11.4. The second-order valence-corrected chi connectivity index (χ2v) is 23.5. The Morgan fingerprint density at radius 2 is 1.61 bits per heavy atom. The van der Waals surface area contributed by atoms with Crippen LogP contribution >= 0.6 is 11.1 Å². The first-order valence-electron chi connectivity index (χ1n) is 11.5. The molecule has 9 heteroatoms. The molecule has 1 aromatic carbocycles. The van der Waals surface area contributed by atoms with Crippen LogP contribution < -0.4 is 5.32 Å². The van der Waals surface area contributed by atoms with E-state index in [1.54, 1.807) is 0 Å². The summed E-state index contributed by atoms with van der Waals surface area (Å²) in [5.74, 6) is 0. The van der Waals surface area contributed by atoms with E-state index < -0.39 is 20.6 Å². The minimum atomic E-state index is -1.75. The number of halogens is 1.